The normalized spacial score (nSPS) is 20.1. The van der Waals surface area contributed by atoms with Gasteiger partial charge < -0.3 is 10.6 Å². The molecule has 0 aliphatic carbocycles. The molecule has 2 heterocycles. The first kappa shape index (κ1) is 11.6. The highest BCUT2D eigenvalue weighted by Gasteiger charge is 2.25. The van der Waals surface area contributed by atoms with Gasteiger partial charge in [-0.25, -0.2) is 0 Å². The average molecular weight is 253 g/mol. The van der Waals surface area contributed by atoms with Crippen molar-refractivity contribution in [3.05, 3.63) is 4.88 Å². The predicted octanol–water partition coefficient (Wildman–Crippen LogP) is 2.77. The van der Waals surface area contributed by atoms with E-state index < -0.39 is 0 Å². The van der Waals surface area contributed by atoms with Gasteiger partial charge in [-0.05, 0) is 18.6 Å². The lowest BCUT2D eigenvalue weighted by Gasteiger charge is -2.17. The number of hydrogen-bond donors (Lipinski definition) is 1. The van der Waals surface area contributed by atoms with Crippen LogP contribution in [0.3, 0.4) is 0 Å². The fraction of sp³-hybridized carbons (Fsp3) is 0.545. The van der Waals surface area contributed by atoms with Gasteiger partial charge in [-0.2, -0.15) is 5.26 Å². The molecule has 86 valence electrons. The Morgan fingerprint density at radius 3 is 2.88 bits per heavy atom. The Bertz CT molecular complexity index is 433. The molecule has 3 nitrogen and oxygen atoms in total. The molecular weight excluding hydrogens is 238 g/mol. The number of thiophene rings is 1. The van der Waals surface area contributed by atoms with Crippen LogP contribution in [0.2, 0.25) is 0 Å². The van der Waals surface area contributed by atoms with Crippen LogP contribution in [-0.4, -0.2) is 19.3 Å². The minimum atomic E-state index is 0.652. The Morgan fingerprint density at radius 1 is 1.62 bits per heavy atom. The predicted molar refractivity (Wildman–Crippen MR) is 71.2 cm³/mol. The number of nitriles is 1. The highest BCUT2D eigenvalue weighted by Crippen LogP contribution is 2.44. The van der Waals surface area contributed by atoms with E-state index in [1.165, 1.54) is 22.8 Å². The van der Waals surface area contributed by atoms with Crippen LogP contribution < -0.4 is 10.6 Å². The number of rotatable bonds is 2. The standard InChI is InChI=1S/C11H15N3S2/c1-7-3-4-14(6-7)11-10(15-2)9(13)8(5-12)16-11/h7H,3-4,6,13H2,1-2H3. The molecule has 1 atom stereocenters. The van der Waals surface area contributed by atoms with Crippen molar-refractivity contribution >= 4 is 33.8 Å². The zero-order chi connectivity index (χ0) is 11.7. The summed E-state index contributed by atoms with van der Waals surface area (Å²) in [6.45, 7) is 4.43. The van der Waals surface area contributed by atoms with Crippen molar-refractivity contribution in [2.45, 2.75) is 18.2 Å². The van der Waals surface area contributed by atoms with Gasteiger partial charge in [0.2, 0.25) is 0 Å². The van der Waals surface area contributed by atoms with Gasteiger partial charge in [0.1, 0.15) is 15.9 Å². The Morgan fingerprint density at radius 2 is 2.38 bits per heavy atom. The average Bonchev–Trinajstić information content (AvgIpc) is 2.82. The summed E-state index contributed by atoms with van der Waals surface area (Å²) in [5.74, 6) is 0.739. The number of thioether (sulfide) groups is 1. The molecular formula is C11H15N3S2. The van der Waals surface area contributed by atoms with Crippen molar-refractivity contribution in [1.29, 1.82) is 5.26 Å². The molecule has 1 aliphatic rings. The van der Waals surface area contributed by atoms with Gasteiger partial charge in [-0.15, -0.1) is 23.1 Å². The lowest BCUT2D eigenvalue weighted by molar-refractivity contribution is 0.659. The molecule has 0 saturated carbocycles. The number of hydrogen-bond acceptors (Lipinski definition) is 5. The third-order valence-electron chi connectivity index (χ3n) is 2.90. The van der Waals surface area contributed by atoms with E-state index in [0.717, 1.165) is 23.9 Å². The van der Waals surface area contributed by atoms with Gasteiger partial charge in [0.05, 0.1) is 10.6 Å². The van der Waals surface area contributed by atoms with Crippen LogP contribution in [0.25, 0.3) is 0 Å². The van der Waals surface area contributed by atoms with Crippen LogP contribution in [0.4, 0.5) is 10.7 Å². The van der Waals surface area contributed by atoms with E-state index >= 15 is 0 Å². The van der Waals surface area contributed by atoms with Crippen molar-refractivity contribution in [2.24, 2.45) is 5.92 Å². The highest BCUT2D eigenvalue weighted by molar-refractivity contribution is 7.99. The minimum absolute atomic E-state index is 0.652. The maximum atomic E-state index is 9.00. The quantitative estimate of drug-likeness (QED) is 0.823. The molecule has 1 aromatic rings. The van der Waals surface area contributed by atoms with Gasteiger partial charge in [-0.1, -0.05) is 6.92 Å². The smallest absolute Gasteiger partial charge is 0.131 e. The molecule has 0 bridgehead atoms. The van der Waals surface area contributed by atoms with Gasteiger partial charge in [0.25, 0.3) is 0 Å². The SMILES string of the molecule is CSc1c(N2CCC(C)C2)sc(C#N)c1N. The number of nitrogens with zero attached hydrogens (tertiary/aromatic N) is 2. The minimum Gasteiger partial charge on any atom is -0.396 e. The number of anilines is 2. The molecule has 2 rings (SSSR count). The molecule has 16 heavy (non-hydrogen) atoms. The Balaban J connectivity index is 2.37. The van der Waals surface area contributed by atoms with E-state index in [-0.39, 0.29) is 0 Å². The number of nitrogen functional groups attached to an aromatic ring is 1. The fourth-order valence-corrected chi connectivity index (χ4v) is 4.04. The van der Waals surface area contributed by atoms with E-state index in [9.17, 15) is 0 Å². The molecule has 5 heteroatoms. The van der Waals surface area contributed by atoms with Crippen LogP contribution in [0, 0.1) is 17.2 Å². The second-order valence-corrected chi connectivity index (χ2v) is 5.95. The van der Waals surface area contributed by atoms with E-state index in [0.29, 0.717) is 10.6 Å². The molecule has 0 radical (unpaired) electrons. The second-order valence-electron chi connectivity index (χ2n) is 4.13. The maximum absolute atomic E-state index is 9.00. The molecule has 1 aromatic heterocycles. The van der Waals surface area contributed by atoms with E-state index in [1.54, 1.807) is 11.8 Å². The van der Waals surface area contributed by atoms with Crippen LogP contribution >= 0.6 is 23.1 Å². The number of nitrogens with two attached hydrogens (primary N) is 1. The van der Waals surface area contributed by atoms with Gasteiger partial charge in [0.15, 0.2) is 0 Å². The first-order valence-corrected chi connectivity index (χ1v) is 7.32. The van der Waals surface area contributed by atoms with E-state index in [4.69, 9.17) is 11.0 Å². The second kappa shape index (κ2) is 4.56. The molecule has 1 fully saturated rings. The summed E-state index contributed by atoms with van der Waals surface area (Å²) < 4.78 is 0. The van der Waals surface area contributed by atoms with E-state index in [1.807, 2.05) is 6.26 Å². The topological polar surface area (TPSA) is 53.0 Å². The summed E-state index contributed by atoms with van der Waals surface area (Å²) in [6, 6.07) is 2.18. The van der Waals surface area contributed by atoms with Crippen molar-refractivity contribution in [2.75, 3.05) is 30.0 Å². The Labute approximate surface area is 104 Å². The van der Waals surface area contributed by atoms with Crippen LogP contribution in [-0.2, 0) is 0 Å². The van der Waals surface area contributed by atoms with Crippen molar-refractivity contribution in [3.8, 4) is 6.07 Å². The molecule has 0 aromatic carbocycles. The lowest BCUT2D eigenvalue weighted by atomic mass is 10.2. The first-order chi connectivity index (χ1) is 7.67. The van der Waals surface area contributed by atoms with Crippen molar-refractivity contribution in [1.82, 2.24) is 0 Å². The maximum Gasteiger partial charge on any atom is 0.131 e. The molecule has 1 aliphatic heterocycles. The van der Waals surface area contributed by atoms with Crippen LogP contribution in [0.1, 0.15) is 18.2 Å². The molecule has 0 amide bonds. The zero-order valence-electron chi connectivity index (χ0n) is 9.49. The lowest BCUT2D eigenvalue weighted by Crippen LogP contribution is -2.18. The summed E-state index contributed by atoms with van der Waals surface area (Å²) in [6.07, 6.45) is 3.25. The van der Waals surface area contributed by atoms with Crippen LogP contribution in [0.15, 0.2) is 4.90 Å². The molecule has 1 unspecified atom stereocenters. The summed E-state index contributed by atoms with van der Waals surface area (Å²) >= 11 is 3.17. The Kier molecular flexibility index (Phi) is 3.31. The summed E-state index contributed by atoms with van der Waals surface area (Å²) in [5.41, 5.74) is 6.63. The summed E-state index contributed by atoms with van der Waals surface area (Å²) in [4.78, 5) is 4.09. The third kappa shape index (κ3) is 1.87. The molecule has 0 spiro atoms. The van der Waals surface area contributed by atoms with E-state index in [2.05, 4.69) is 17.9 Å². The highest BCUT2D eigenvalue weighted by atomic mass is 32.2. The molecule has 1 saturated heterocycles. The van der Waals surface area contributed by atoms with Gasteiger partial charge >= 0.3 is 0 Å². The van der Waals surface area contributed by atoms with Crippen LogP contribution in [0.5, 0.6) is 0 Å². The van der Waals surface area contributed by atoms with Gasteiger partial charge in [0, 0.05) is 13.1 Å². The summed E-state index contributed by atoms with van der Waals surface area (Å²) in [5, 5.41) is 10.2. The largest absolute Gasteiger partial charge is 0.396 e. The molecule has 2 N–H and O–H groups in total. The van der Waals surface area contributed by atoms with Gasteiger partial charge in [-0.3, -0.25) is 0 Å². The first-order valence-electron chi connectivity index (χ1n) is 5.28. The summed E-state index contributed by atoms with van der Waals surface area (Å²) in [7, 11) is 0. The third-order valence-corrected chi connectivity index (χ3v) is 5.02. The zero-order valence-corrected chi connectivity index (χ0v) is 11.1. The Hall–Kier alpha value is -0.860. The fourth-order valence-electron chi connectivity index (χ4n) is 2.02. The monoisotopic (exact) mass is 253 g/mol. The van der Waals surface area contributed by atoms with Crippen molar-refractivity contribution in [3.63, 3.8) is 0 Å². The van der Waals surface area contributed by atoms with Crippen molar-refractivity contribution < 1.29 is 0 Å².